The van der Waals surface area contributed by atoms with Crippen molar-refractivity contribution in [2.24, 2.45) is 5.92 Å². The van der Waals surface area contributed by atoms with Crippen LogP contribution in [0.3, 0.4) is 0 Å². The van der Waals surface area contributed by atoms with Crippen LogP contribution >= 0.6 is 15.9 Å². The lowest BCUT2D eigenvalue weighted by molar-refractivity contribution is 0.283. The summed E-state index contributed by atoms with van der Waals surface area (Å²) in [6.45, 7) is 2.88. The van der Waals surface area contributed by atoms with Gasteiger partial charge in [-0.3, -0.25) is 0 Å². The van der Waals surface area contributed by atoms with Gasteiger partial charge >= 0.3 is 0 Å². The summed E-state index contributed by atoms with van der Waals surface area (Å²) in [5.41, 5.74) is 0.595. The Balaban J connectivity index is 1.89. The average Bonchev–Trinajstić information content (AvgIpc) is 2.82. The number of hydrogen-bond acceptors (Lipinski definition) is 3. The number of rotatable bonds is 4. The van der Waals surface area contributed by atoms with E-state index in [9.17, 15) is 0 Å². The van der Waals surface area contributed by atoms with Crippen molar-refractivity contribution in [1.82, 2.24) is 5.32 Å². The number of benzene rings is 1. The molecule has 0 aromatic heterocycles. The van der Waals surface area contributed by atoms with E-state index >= 15 is 0 Å². The Morgan fingerprint density at radius 2 is 2.41 bits per heavy atom. The van der Waals surface area contributed by atoms with Crippen LogP contribution in [-0.2, 0) is 0 Å². The van der Waals surface area contributed by atoms with E-state index < -0.39 is 0 Å². The molecule has 17 heavy (non-hydrogen) atoms. The molecule has 1 heterocycles. The molecule has 1 N–H and O–H groups in total. The smallest absolute Gasteiger partial charge is 0.138 e. The minimum atomic E-state index is 0.595. The Morgan fingerprint density at radius 3 is 3.12 bits per heavy atom. The van der Waals surface area contributed by atoms with E-state index in [1.807, 2.05) is 12.1 Å². The van der Waals surface area contributed by atoms with E-state index in [1.165, 1.54) is 6.42 Å². The van der Waals surface area contributed by atoms with Gasteiger partial charge in [0.2, 0.25) is 0 Å². The van der Waals surface area contributed by atoms with E-state index in [-0.39, 0.29) is 0 Å². The zero-order chi connectivity index (χ0) is 12.1. The second kappa shape index (κ2) is 6.04. The molecular weight excluding hydrogens is 280 g/mol. The molecule has 0 radical (unpaired) electrons. The SMILES string of the molecule is N#Cc1ccc(Br)cc1OCCC1CCNC1. The van der Waals surface area contributed by atoms with Crippen LogP contribution in [0, 0.1) is 17.2 Å². The first-order valence-electron chi connectivity index (χ1n) is 5.83. The number of halogens is 1. The van der Waals surface area contributed by atoms with Crippen molar-refractivity contribution >= 4 is 15.9 Å². The summed E-state index contributed by atoms with van der Waals surface area (Å²) in [4.78, 5) is 0. The van der Waals surface area contributed by atoms with E-state index in [1.54, 1.807) is 6.07 Å². The summed E-state index contributed by atoms with van der Waals surface area (Å²) in [5.74, 6) is 1.39. The maximum atomic E-state index is 8.96. The van der Waals surface area contributed by atoms with Crippen LogP contribution in [0.5, 0.6) is 5.75 Å². The van der Waals surface area contributed by atoms with Crippen LogP contribution in [0.15, 0.2) is 22.7 Å². The third-order valence-corrected chi connectivity index (χ3v) is 3.50. The summed E-state index contributed by atoms with van der Waals surface area (Å²) in [6.07, 6.45) is 2.28. The second-order valence-corrected chi connectivity index (χ2v) is 5.16. The van der Waals surface area contributed by atoms with E-state index in [2.05, 4.69) is 27.3 Å². The fraction of sp³-hybridized carbons (Fsp3) is 0.462. The largest absolute Gasteiger partial charge is 0.492 e. The lowest BCUT2D eigenvalue weighted by Crippen LogP contribution is -2.11. The predicted octanol–water partition coefficient (Wildman–Crippen LogP) is 2.70. The van der Waals surface area contributed by atoms with Gasteiger partial charge in [-0.25, -0.2) is 0 Å². The van der Waals surface area contributed by atoms with Crippen molar-refractivity contribution in [2.45, 2.75) is 12.8 Å². The molecule has 1 fully saturated rings. The summed E-state index contributed by atoms with van der Waals surface area (Å²) in [6, 6.07) is 7.62. The lowest BCUT2D eigenvalue weighted by atomic mass is 10.1. The van der Waals surface area contributed by atoms with Crippen LogP contribution in [0.2, 0.25) is 0 Å². The second-order valence-electron chi connectivity index (χ2n) is 4.25. The maximum Gasteiger partial charge on any atom is 0.138 e. The molecule has 1 saturated heterocycles. The van der Waals surface area contributed by atoms with Crippen LogP contribution in [0.1, 0.15) is 18.4 Å². The van der Waals surface area contributed by atoms with E-state index in [0.717, 1.165) is 24.0 Å². The minimum absolute atomic E-state index is 0.595. The summed E-state index contributed by atoms with van der Waals surface area (Å²) >= 11 is 3.38. The highest BCUT2D eigenvalue weighted by Gasteiger charge is 2.14. The Hall–Kier alpha value is -1.05. The van der Waals surface area contributed by atoms with Gasteiger partial charge in [0.15, 0.2) is 0 Å². The molecule has 1 aromatic rings. The van der Waals surface area contributed by atoms with E-state index in [4.69, 9.17) is 10.00 Å². The van der Waals surface area contributed by atoms with Crippen LogP contribution < -0.4 is 10.1 Å². The molecule has 0 spiro atoms. The molecule has 0 amide bonds. The van der Waals surface area contributed by atoms with Gasteiger partial charge in [-0.15, -0.1) is 0 Å². The Bertz CT molecular complexity index is 422. The van der Waals surface area contributed by atoms with Crippen LogP contribution in [0.25, 0.3) is 0 Å². The standard InChI is InChI=1S/C13H15BrN2O/c14-12-2-1-11(8-15)13(7-12)17-6-4-10-3-5-16-9-10/h1-2,7,10,16H,3-6,9H2. The highest BCUT2D eigenvalue weighted by Crippen LogP contribution is 2.23. The molecule has 0 saturated carbocycles. The number of hydrogen-bond donors (Lipinski definition) is 1. The van der Waals surface area contributed by atoms with Gasteiger partial charge in [0.05, 0.1) is 12.2 Å². The number of nitrogens with zero attached hydrogens (tertiary/aromatic N) is 1. The van der Waals surface area contributed by atoms with E-state index in [0.29, 0.717) is 23.8 Å². The normalized spacial score (nSPS) is 18.9. The molecular formula is C13H15BrN2O. The summed E-state index contributed by atoms with van der Waals surface area (Å²) in [5, 5.41) is 12.3. The molecule has 0 bridgehead atoms. The van der Waals surface area contributed by atoms with Gasteiger partial charge in [0, 0.05) is 4.47 Å². The number of nitriles is 1. The van der Waals surface area contributed by atoms with Gasteiger partial charge in [-0.1, -0.05) is 15.9 Å². The molecule has 2 rings (SSSR count). The first kappa shape index (κ1) is 12.4. The Kier molecular flexibility index (Phi) is 4.41. The molecule has 4 heteroatoms. The first-order valence-corrected chi connectivity index (χ1v) is 6.62. The summed E-state index contributed by atoms with van der Waals surface area (Å²) < 4.78 is 6.63. The number of nitrogens with one attached hydrogen (secondary N) is 1. The van der Waals surface area contributed by atoms with Gasteiger partial charge in [0.1, 0.15) is 11.8 Å². The van der Waals surface area contributed by atoms with Crippen LogP contribution in [0.4, 0.5) is 0 Å². The molecule has 90 valence electrons. The predicted molar refractivity (Wildman–Crippen MR) is 69.9 cm³/mol. The van der Waals surface area contributed by atoms with Crippen molar-refractivity contribution in [1.29, 1.82) is 5.26 Å². The van der Waals surface area contributed by atoms with Crippen molar-refractivity contribution < 1.29 is 4.74 Å². The average molecular weight is 295 g/mol. The molecule has 0 aliphatic carbocycles. The minimum Gasteiger partial charge on any atom is -0.492 e. The molecule has 3 nitrogen and oxygen atoms in total. The quantitative estimate of drug-likeness (QED) is 0.929. The zero-order valence-corrected chi connectivity index (χ0v) is 11.2. The summed E-state index contributed by atoms with van der Waals surface area (Å²) in [7, 11) is 0. The van der Waals surface area contributed by atoms with Gasteiger partial charge in [0.25, 0.3) is 0 Å². The third kappa shape index (κ3) is 3.45. The lowest BCUT2D eigenvalue weighted by Gasteiger charge is -2.11. The third-order valence-electron chi connectivity index (χ3n) is 3.01. The molecule has 1 atom stereocenters. The highest BCUT2D eigenvalue weighted by molar-refractivity contribution is 9.10. The fourth-order valence-corrected chi connectivity index (χ4v) is 2.34. The molecule has 1 unspecified atom stereocenters. The van der Waals surface area contributed by atoms with Crippen molar-refractivity contribution in [3.63, 3.8) is 0 Å². The van der Waals surface area contributed by atoms with Crippen molar-refractivity contribution in [3.8, 4) is 11.8 Å². The van der Waals surface area contributed by atoms with Crippen molar-refractivity contribution in [3.05, 3.63) is 28.2 Å². The van der Waals surface area contributed by atoms with Gasteiger partial charge in [-0.2, -0.15) is 5.26 Å². The monoisotopic (exact) mass is 294 g/mol. The van der Waals surface area contributed by atoms with Crippen LogP contribution in [-0.4, -0.2) is 19.7 Å². The highest BCUT2D eigenvalue weighted by atomic mass is 79.9. The van der Waals surface area contributed by atoms with Gasteiger partial charge in [-0.05, 0) is 50.0 Å². The zero-order valence-electron chi connectivity index (χ0n) is 9.58. The number of ether oxygens (including phenoxy) is 1. The Labute approximate surface area is 110 Å². The maximum absolute atomic E-state index is 8.96. The molecule has 1 aliphatic heterocycles. The van der Waals surface area contributed by atoms with Crippen molar-refractivity contribution in [2.75, 3.05) is 19.7 Å². The van der Waals surface area contributed by atoms with Gasteiger partial charge < -0.3 is 10.1 Å². The molecule has 1 aromatic carbocycles. The molecule has 1 aliphatic rings. The fourth-order valence-electron chi connectivity index (χ4n) is 2.00. The first-order chi connectivity index (χ1) is 8.29. The topological polar surface area (TPSA) is 45.0 Å². The Morgan fingerprint density at radius 1 is 1.53 bits per heavy atom.